The minimum atomic E-state index is -1.63. The second kappa shape index (κ2) is 10.5. The highest BCUT2D eigenvalue weighted by molar-refractivity contribution is 9.11. The number of carboxylic acids is 1. The van der Waals surface area contributed by atoms with E-state index in [1.54, 1.807) is 18.3 Å². The van der Waals surface area contributed by atoms with Gasteiger partial charge in [-0.3, -0.25) is 0 Å². The quantitative estimate of drug-likeness (QED) is 0.190. The van der Waals surface area contributed by atoms with Gasteiger partial charge in [0.25, 0.3) is 0 Å². The third-order valence-electron chi connectivity index (χ3n) is 7.78. The zero-order valence-corrected chi connectivity index (χ0v) is 27.7. The summed E-state index contributed by atoms with van der Waals surface area (Å²) < 4.78 is 11.2. The molecule has 1 heterocycles. The number of rotatable bonds is 5. The molecule has 7 heteroatoms. The number of hydrogen-bond acceptors (Lipinski definition) is 3. The number of ether oxygens (including phenoxy) is 1. The lowest BCUT2D eigenvalue weighted by molar-refractivity contribution is -0.154. The van der Waals surface area contributed by atoms with E-state index in [1.165, 1.54) is 20.2 Å². The molecule has 0 amide bonds. The van der Waals surface area contributed by atoms with Crippen molar-refractivity contribution in [1.82, 2.24) is 0 Å². The maximum Gasteiger partial charge on any atom is 0.352 e. The number of aliphatic carboxylic acids is 1. The van der Waals surface area contributed by atoms with E-state index in [2.05, 4.69) is 96.3 Å². The predicted molar refractivity (Wildman–Crippen MR) is 185 cm³/mol. The Balaban J connectivity index is 1.42. The number of benzene rings is 6. The van der Waals surface area contributed by atoms with Gasteiger partial charge in [0.1, 0.15) is 5.75 Å². The highest BCUT2D eigenvalue weighted by Crippen LogP contribution is 2.50. The van der Waals surface area contributed by atoms with Crippen LogP contribution >= 0.6 is 59.1 Å². The van der Waals surface area contributed by atoms with Crippen molar-refractivity contribution in [3.63, 3.8) is 0 Å². The van der Waals surface area contributed by atoms with Crippen LogP contribution in [-0.4, -0.2) is 11.1 Å². The molecule has 0 bridgehead atoms. The van der Waals surface area contributed by atoms with Gasteiger partial charge in [-0.1, -0.05) is 78.9 Å². The minimum Gasteiger partial charge on any atom is -0.478 e. The molecule has 3 nitrogen and oxygen atoms in total. The van der Waals surface area contributed by atoms with E-state index in [0.717, 1.165) is 37.1 Å². The Morgan fingerprint density at radius 2 is 1.38 bits per heavy atom. The molecule has 1 N–H and O–H groups in total. The zero-order valence-electron chi connectivity index (χ0n) is 22.1. The van der Waals surface area contributed by atoms with E-state index in [4.69, 9.17) is 4.74 Å². The number of carbonyl (C=O) groups is 1. The fraction of sp³-hybridized carbons (Fsp3) is 0.0571. The SMILES string of the molecule is CC(Oc1c(Br)cc(-c2c3ccccc3c(Br)c3sc4ccccc4c23)cc1Br)(C(=O)O)c1ccc2ccccc2c1. The number of hydrogen-bond donors (Lipinski definition) is 1. The van der Waals surface area contributed by atoms with Gasteiger partial charge in [-0.15, -0.1) is 11.3 Å². The maximum absolute atomic E-state index is 12.7. The summed E-state index contributed by atoms with van der Waals surface area (Å²) in [5.74, 6) is -0.657. The van der Waals surface area contributed by atoms with Crippen LogP contribution in [0.5, 0.6) is 5.75 Å². The molecule has 0 saturated heterocycles. The van der Waals surface area contributed by atoms with E-state index in [9.17, 15) is 9.90 Å². The fourth-order valence-electron chi connectivity index (χ4n) is 5.62. The molecule has 6 aromatic carbocycles. The van der Waals surface area contributed by atoms with Crippen molar-refractivity contribution in [3.05, 3.63) is 122 Å². The highest BCUT2D eigenvalue weighted by atomic mass is 79.9. The summed E-state index contributed by atoms with van der Waals surface area (Å²) in [4.78, 5) is 12.7. The average Bonchev–Trinajstić information content (AvgIpc) is 3.38. The van der Waals surface area contributed by atoms with Crippen LogP contribution in [0.15, 0.2) is 117 Å². The van der Waals surface area contributed by atoms with Gasteiger partial charge in [0.05, 0.1) is 13.6 Å². The summed E-state index contributed by atoms with van der Waals surface area (Å²) in [5.41, 5.74) is 1.03. The Hall–Kier alpha value is -3.23. The molecule has 0 fully saturated rings. The summed E-state index contributed by atoms with van der Waals surface area (Å²) in [6.07, 6.45) is 0. The molecule has 0 aliphatic heterocycles. The molecule has 1 aromatic heterocycles. The molecule has 206 valence electrons. The summed E-state index contributed by atoms with van der Waals surface area (Å²) in [5, 5.41) is 17.0. The van der Waals surface area contributed by atoms with Crippen molar-refractivity contribution in [2.75, 3.05) is 0 Å². The Kier molecular flexibility index (Phi) is 6.89. The van der Waals surface area contributed by atoms with Gasteiger partial charge in [0, 0.05) is 25.5 Å². The van der Waals surface area contributed by atoms with Gasteiger partial charge in [0.15, 0.2) is 0 Å². The van der Waals surface area contributed by atoms with E-state index >= 15 is 0 Å². The second-order valence-electron chi connectivity index (χ2n) is 10.3. The lowest BCUT2D eigenvalue weighted by atomic mass is 9.92. The van der Waals surface area contributed by atoms with Crippen LogP contribution in [0.25, 0.3) is 52.8 Å². The van der Waals surface area contributed by atoms with Crippen molar-refractivity contribution in [2.24, 2.45) is 0 Å². The van der Waals surface area contributed by atoms with E-state index in [1.807, 2.05) is 54.6 Å². The average molecular weight is 761 g/mol. The van der Waals surface area contributed by atoms with Gasteiger partial charge in [-0.2, -0.15) is 0 Å². The minimum absolute atomic E-state index is 0.421. The monoisotopic (exact) mass is 758 g/mol. The fourth-order valence-corrected chi connectivity index (χ4v) is 8.91. The van der Waals surface area contributed by atoms with Crippen molar-refractivity contribution in [3.8, 4) is 16.9 Å². The number of carboxylic acid groups (broad SMARTS) is 1. The summed E-state index contributed by atoms with van der Waals surface area (Å²) in [7, 11) is 0. The Labute approximate surface area is 271 Å². The first-order valence-corrected chi connectivity index (χ1v) is 16.4. The standard InChI is InChI=1S/C35H21Br3O3S/c1-35(34(39)40,22-15-14-19-8-2-3-9-20(19)16-22)41-32-26(36)17-21(18-27(32)37)29-23-10-4-5-11-24(23)31(38)33-30(29)25-12-6-7-13-28(25)42-33/h2-18H,1H3,(H,39,40). The van der Waals surface area contributed by atoms with Crippen LogP contribution in [0.2, 0.25) is 0 Å². The van der Waals surface area contributed by atoms with Crippen LogP contribution in [-0.2, 0) is 10.4 Å². The van der Waals surface area contributed by atoms with Crippen LogP contribution in [0, 0.1) is 0 Å². The molecule has 42 heavy (non-hydrogen) atoms. The Morgan fingerprint density at radius 1 is 0.762 bits per heavy atom. The molecule has 0 aliphatic rings. The first-order chi connectivity index (χ1) is 20.3. The van der Waals surface area contributed by atoms with Crippen LogP contribution in [0.1, 0.15) is 12.5 Å². The summed E-state index contributed by atoms with van der Waals surface area (Å²) >= 11 is 13.2. The molecule has 0 saturated carbocycles. The molecule has 7 aromatic rings. The van der Waals surface area contributed by atoms with Gasteiger partial charge in [-0.05, 0) is 112 Å². The number of fused-ring (bicyclic) bond motifs is 5. The maximum atomic E-state index is 12.7. The van der Waals surface area contributed by atoms with Gasteiger partial charge >= 0.3 is 5.97 Å². The number of halogens is 3. The van der Waals surface area contributed by atoms with Crippen LogP contribution in [0.4, 0.5) is 0 Å². The molecular weight excluding hydrogens is 740 g/mol. The van der Waals surface area contributed by atoms with Crippen molar-refractivity contribution in [1.29, 1.82) is 0 Å². The van der Waals surface area contributed by atoms with E-state index < -0.39 is 11.6 Å². The molecule has 0 spiro atoms. The summed E-state index contributed by atoms with van der Waals surface area (Å²) in [6, 6.07) is 34.4. The van der Waals surface area contributed by atoms with Crippen molar-refractivity contribution >= 4 is 107 Å². The highest BCUT2D eigenvalue weighted by Gasteiger charge is 2.39. The Bertz CT molecular complexity index is 2200. The predicted octanol–water partition coefficient (Wildman–Crippen LogP) is 11.7. The van der Waals surface area contributed by atoms with Gasteiger partial charge < -0.3 is 9.84 Å². The Morgan fingerprint density at radius 3 is 2.10 bits per heavy atom. The first kappa shape index (κ1) is 27.6. The molecule has 0 radical (unpaired) electrons. The summed E-state index contributed by atoms with van der Waals surface area (Å²) in [6.45, 7) is 1.59. The lowest BCUT2D eigenvalue weighted by Crippen LogP contribution is -2.38. The first-order valence-electron chi connectivity index (χ1n) is 13.2. The largest absolute Gasteiger partial charge is 0.478 e. The van der Waals surface area contributed by atoms with E-state index in [-0.39, 0.29) is 0 Å². The van der Waals surface area contributed by atoms with E-state index in [0.29, 0.717) is 20.3 Å². The van der Waals surface area contributed by atoms with Gasteiger partial charge in [-0.25, -0.2) is 4.79 Å². The molecule has 1 unspecified atom stereocenters. The van der Waals surface area contributed by atoms with Crippen LogP contribution in [0.3, 0.4) is 0 Å². The van der Waals surface area contributed by atoms with Crippen LogP contribution < -0.4 is 4.74 Å². The van der Waals surface area contributed by atoms with Gasteiger partial charge in [0.2, 0.25) is 5.60 Å². The van der Waals surface area contributed by atoms with Crippen molar-refractivity contribution < 1.29 is 14.6 Å². The number of thiophene rings is 1. The van der Waals surface area contributed by atoms with Crippen molar-refractivity contribution in [2.45, 2.75) is 12.5 Å². The normalized spacial score (nSPS) is 13.1. The molecule has 7 rings (SSSR count). The topological polar surface area (TPSA) is 46.5 Å². The third-order valence-corrected chi connectivity index (χ3v) is 11.2. The molecule has 0 aliphatic carbocycles. The smallest absolute Gasteiger partial charge is 0.352 e. The second-order valence-corrected chi connectivity index (χ2v) is 13.9. The lowest BCUT2D eigenvalue weighted by Gasteiger charge is -2.28. The molecular formula is C35H21Br3O3S. The third kappa shape index (κ3) is 4.37. The zero-order chi connectivity index (χ0) is 29.2. The molecule has 1 atom stereocenters.